The Kier molecular flexibility index (Phi) is 4.46. The average Bonchev–Trinajstić information content (AvgIpc) is 2.67. The van der Waals surface area contributed by atoms with E-state index >= 15 is 0 Å². The first kappa shape index (κ1) is 16.4. The predicted molar refractivity (Wildman–Crippen MR) is 104 cm³/mol. The van der Waals surface area contributed by atoms with Gasteiger partial charge in [-0.25, -0.2) is 4.39 Å². The van der Waals surface area contributed by atoms with Gasteiger partial charge in [0.1, 0.15) is 5.82 Å². The standard InChI is InChI=1S/C21H15FN2OS/c22-15-6-8-16(9-7-15)23-12-11-19(25)14-5-10-21-18(13-14)24-17-3-1-2-4-20(17)26-21/h1-13,23-24H/b12-11+. The zero-order valence-corrected chi connectivity index (χ0v) is 14.5. The number of hydrogen-bond donors (Lipinski definition) is 2. The van der Waals surface area contributed by atoms with E-state index in [1.807, 2.05) is 36.4 Å². The molecule has 0 aliphatic carbocycles. The van der Waals surface area contributed by atoms with Gasteiger partial charge in [-0.2, -0.15) is 0 Å². The molecule has 0 unspecified atom stereocenters. The molecule has 4 rings (SSSR count). The van der Waals surface area contributed by atoms with Gasteiger partial charge in [-0.15, -0.1) is 0 Å². The van der Waals surface area contributed by atoms with Crippen LogP contribution in [-0.4, -0.2) is 5.78 Å². The number of hydrogen-bond acceptors (Lipinski definition) is 4. The Hall–Kier alpha value is -3.05. The third-order valence-corrected chi connectivity index (χ3v) is 5.12. The first-order chi connectivity index (χ1) is 12.7. The highest BCUT2D eigenvalue weighted by atomic mass is 32.2. The first-order valence-corrected chi connectivity index (χ1v) is 8.92. The molecule has 0 fully saturated rings. The monoisotopic (exact) mass is 362 g/mol. The molecule has 128 valence electrons. The Balaban J connectivity index is 1.47. The molecule has 3 aromatic rings. The molecule has 0 saturated heterocycles. The van der Waals surface area contributed by atoms with Crippen LogP contribution in [0, 0.1) is 5.82 Å². The van der Waals surface area contributed by atoms with Crippen LogP contribution in [0.1, 0.15) is 10.4 Å². The minimum Gasteiger partial charge on any atom is -0.362 e. The smallest absolute Gasteiger partial charge is 0.187 e. The maximum Gasteiger partial charge on any atom is 0.187 e. The van der Waals surface area contributed by atoms with E-state index in [9.17, 15) is 9.18 Å². The number of ketones is 1. The Morgan fingerprint density at radius 2 is 1.73 bits per heavy atom. The summed E-state index contributed by atoms with van der Waals surface area (Å²) in [6.45, 7) is 0. The molecule has 0 spiro atoms. The summed E-state index contributed by atoms with van der Waals surface area (Å²) < 4.78 is 12.9. The molecule has 5 heteroatoms. The summed E-state index contributed by atoms with van der Waals surface area (Å²) in [5, 5.41) is 6.33. The molecule has 1 aliphatic rings. The van der Waals surface area contributed by atoms with Crippen molar-refractivity contribution in [1.82, 2.24) is 0 Å². The Bertz CT molecular complexity index is 999. The van der Waals surface area contributed by atoms with Crippen LogP contribution >= 0.6 is 11.8 Å². The van der Waals surface area contributed by atoms with Crippen LogP contribution < -0.4 is 10.6 Å². The third kappa shape index (κ3) is 3.48. The number of para-hydroxylation sites is 1. The van der Waals surface area contributed by atoms with Crippen LogP contribution in [0.15, 0.2) is 88.8 Å². The van der Waals surface area contributed by atoms with Gasteiger partial charge in [0.05, 0.1) is 11.4 Å². The first-order valence-electron chi connectivity index (χ1n) is 8.10. The van der Waals surface area contributed by atoms with E-state index < -0.39 is 0 Å². The average molecular weight is 362 g/mol. The molecule has 0 bridgehead atoms. The molecule has 3 aromatic carbocycles. The number of halogens is 1. The van der Waals surface area contributed by atoms with Crippen molar-refractivity contribution in [3.8, 4) is 0 Å². The van der Waals surface area contributed by atoms with Gasteiger partial charge in [0.15, 0.2) is 5.78 Å². The second kappa shape index (κ2) is 7.06. The summed E-state index contributed by atoms with van der Waals surface area (Å²) >= 11 is 1.68. The summed E-state index contributed by atoms with van der Waals surface area (Å²) in [6, 6.07) is 19.7. The largest absolute Gasteiger partial charge is 0.362 e. The highest BCUT2D eigenvalue weighted by molar-refractivity contribution is 7.99. The van der Waals surface area contributed by atoms with Crippen molar-refractivity contribution in [2.24, 2.45) is 0 Å². The van der Waals surface area contributed by atoms with Gasteiger partial charge in [-0.3, -0.25) is 4.79 Å². The van der Waals surface area contributed by atoms with Gasteiger partial charge < -0.3 is 10.6 Å². The predicted octanol–water partition coefficient (Wildman–Crippen LogP) is 5.84. The summed E-state index contributed by atoms with van der Waals surface area (Å²) in [4.78, 5) is 14.7. The molecular weight excluding hydrogens is 347 g/mol. The molecule has 1 aliphatic heterocycles. The summed E-state index contributed by atoms with van der Waals surface area (Å²) in [6.07, 6.45) is 3.03. The third-order valence-electron chi connectivity index (χ3n) is 3.97. The van der Waals surface area contributed by atoms with E-state index in [0.29, 0.717) is 5.56 Å². The van der Waals surface area contributed by atoms with Crippen molar-refractivity contribution in [3.05, 3.63) is 90.4 Å². The van der Waals surface area contributed by atoms with Crippen molar-refractivity contribution in [2.75, 3.05) is 10.6 Å². The topological polar surface area (TPSA) is 41.1 Å². The Morgan fingerprint density at radius 3 is 2.58 bits per heavy atom. The van der Waals surface area contributed by atoms with Gasteiger partial charge in [0.2, 0.25) is 0 Å². The van der Waals surface area contributed by atoms with Crippen molar-refractivity contribution < 1.29 is 9.18 Å². The Labute approximate surface area is 154 Å². The minimum absolute atomic E-state index is 0.104. The lowest BCUT2D eigenvalue weighted by molar-refractivity contribution is 0.104. The number of rotatable bonds is 4. The number of carbonyl (C=O) groups excluding carboxylic acids is 1. The summed E-state index contributed by atoms with van der Waals surface area (Å²) in [7, 11) is 0. The SMILES string of the molecule is O=C(/C=C/Nc1ccc(F)cc1)c1ccc2c(c1)Nc1ccccc1S2. The summed E-state index contributed by atoms with van der Waals surface area (Å²) in [5.41, 5.74) is 3.30. The van der Waals surface area contributed by atoms with E-state index in [-0.39, 0.29) is 11.6 Å². The second-order valence-corrected chi connectivity index (χ2v) is 6.87. The number of benzene rings is 3. The van der Waals surface area contributed by atoms with Gasteiger partial charge in [-0.1, -0.05) is 23.9 Å². The van der Waals surface area contributed by atoms with Gasteiger partial charge in [0.25, 0.3) is 0 Å². The van der Waals surface area contributed by atoms with Crippen molar-refractivity contribution in [1.29, 1.82) is 0 Å². The number of carbonyl (C=O) groups is 1. The highest BCUT2D eigenvalue weighted by Crippen LogP contribution is 2.44. The quantitative estimate of drug-likeness (QED) is 0.353. The van der Waals surface area contributed by atoms with Crippen molar-refractivity contribution in [2.45, 2.75) is 9.79 Å². The fourth-order valence-electron chi connectivity index (χ4n) is 2.65. The zero-order valence-electron chi connectivity index (χ0n) is 13.7. The van der Waals surface area contributed by atoms with E-state index in [4.69, 9.17) is 0 Å². The lowest BCUT2D eigenvalue weighted by Crippen LogP contribution is -2.02. The lowest BCUT2D eigenvalue weighted by Gasteiger charge is -2.20. The van der Waals surface area contributed by atoms with Crippen LogP contribution in [-0.2, 0) is 0 Å². The van der Waals surface area contributed by atoms with Gasteiger partial charge >= 0.3 is 0 Å². The van der Waals surface area contributed by atoms with Crippen LogP contribution in [0.2, 0.25) is 0 Å². The maximum absolute atomic E-state index is 12.9. The molecule has 0 amide bonds. The summed E-state index contributed by atoms with van der Waals surface area (Å²) in [5.74, 6) is -0.398. The van der Waals surface area contributed by atoms with Crippen molar-refractivity contribution >= 4 is 34.6 Å². The number of anilines is 3. The van der Waals surface area contributed by atoms with Crippen LogP contribution in [0.3, 0.4) is 0 Å². The van der Waals surface area contributed by atoms with E-state index in [1.54, 1.807) is 30.1 Å². The lowest BCUT2D eigenvalue weighted by atomic mass is 10.1. The molecule has 1 heterocycles. The molecule has 2 N–H and O–H groups in total. The van der Waals surface area contributed by atoms with E-state index in [0.717, 1.165) is 22.0 Å². The fourth-order valence-corrected chi connectivity index (χ4v) is 3.62. The molecule has 0 aromatic heterocycles. The molecular formula is C21H15FN2OS. The fraction of sp³-hybridized carbons (Fsp3) is 0. The van der Waals surface area contributed by atoms with Crippen LogP contribution in [0.4, 0.5) is 21.5 Å². The van der Waals surface area contributed by atoms with E-state index in [1.165, 1.54) is 23.1 Å². The maximum atomic E-state index is 12.9. The normalized spacial score (nSPS) is 12.2. The van der Waals surface area contributed by atoms with Gasteiger partial charge in [-0.05, 0) is 54.6 Å². The molecule has 0 atom stereocenters. The number of nitrogens with one attached hydrogen (secondary N) is 2. The molecule has 0 radical (unpaired) electrons. The molecule has 3 nitrogen and oxygen atoms in total. The second-order valence-electron chi connectivity index (χ2n) is 5.78. The van der Waals surface area contributed by atoms with Crippen LogP contribution in [0.25, 0.3) is 0 Å². The number of allylic oxidation sites excluding steroid dienone is 1. The van der Waals surface area contributed by atoms with Gasteiger partial charge in [0, 0.05) is 33.3 Å². The molecule has 0 saturated carbocycles. The Morgan fingerprint density at radius 1 is 0.962 bits per heavy atom. The molecule has 26 heavy (non-hydrogen) atoms. The minimum atomic E-state index is -0.295. The van der Waals surface area contributed by atoms with Crippen LogP contribution in [0.5, 0.6) is 0 Å². The zero-order chi connectivity index (χ0) is 17.9. The highest BCUT2D eigenvalue weighted by Gasteiger charge is 2.16. The van der Waals surface area contributed by atoms with E-state index in [2.05, 4.69) is 16.7 Å². The van der Waals surface area contributed by atoms with Crippen molar-refractivity contribution in [3.63, 3.8) is 0 Å². The number of fused-ring (bicyclic) bond motifs is 2.